The minimum atomic E-state index is -2.86. The van der Waals surface area contributed by atoms with Crippen LogP contribution >= 0.6 is 8.38 Å². The molecule has 8 nitrogen and oxygen atoms in total. The summed E-state index contributed by atoms with van der Waals surface area (Å²) in [4.78, 5) is 50.5. The second kappa shape index (κ2) is 5.09. The van der Waals surface area contributed by atoms with Crippen molar-refractivity contribution in [3.8, 4) is 0 Å². The van der Waals surface area contributed by atoms with Gasteiger partial charge in [0.15, 0.2) is 0 Å². The number of aromatic carboxylic acids is 3. The number of carbonyl (C=O) groups is 3. The second-order valence-corrected chi connectivity index (χ2v) is 4.18. The lowest BCUT2D eigenvalue weighted by atomic mass is 10.0. The molecule has 1 aromatic rings. The van der Waals surface area contributed by atoms with Crippen LogP contribution in [0.25, 0.3) is 0 Å². The van der Waals surface area contributed by atoms with E-state index in [1.54, 1.807) is 0 Å². The summed E-state index contributed by atoms with van der Waals surface area (Å²) in [5.74, 6) is -4.82. The van der Waals surface area contributed by atoms with Crippen LogP contribution in [0.1, 0.15) is 31.1 Å². The third-order valence-electron chi connectivity index (χ3n) is 2.04. The van der Waals surface area contributed by atoms with Crippen molar-refractivity contribution in [3.63, 3.8) is 0 Å². The van der Waals surface area contributed by atoms with Gasteiger partial charge in [-0.25, -0.2) is 14.4 Å². The van der Waals surface area contributed by atoms with E-state index < -0.39 is 48.3 Å². The first kappa shape index (κ1) is 14.0. The van der Waals surface area contributed by atoms with Crippen molar-refractivity contribution in [1.82, 2.24) is 0 Å². The Morgan fingerprint density at radius 3 is 1.50 bits per heavy atom. The number of carboxylic acids is 3. The van der Waals surface area contributed by atoms with E-state index in [2.05, 4.69) is 0 Å². The smallest absolute Gasteiger partial charge is 0.336 e. The summed E-state index contributed by atoms with van der Waals surface area (Å²) < 4.78 is 0. The molecule has 0 aliphatic carbocycles. The lowest BCUT2D eigenvalue weighted by Crippen LogP contribution is -2.20. The predicted molar refractivity (Wildman–Crippen MR) is 58.3 cm³/mol. The molecular weight excluding hydrogens is 267 g/mol. The van der Waals surface area contributed by atoms with Gasteiger partial charge in [0.2, 0.25) is 8.38 Å². The van der Waals surface area contributed by atoms with Crippen LogP contribution in [0.4, 0.5) is 0 Å². The molecule has 0 radical (unpaired) electrons. The Morgan fingerprint density at radius 1 is 0.778 bits per heavy atom. The van der Waals surface area contributed by atoms with E-state index in [0.717, 1.165) is 0 Å². The first-order valence-corrected chi connectivity index (χ1v) is 5.56. The Bertz CT molecular complexity index is 536. The highest BCUT2D eigenvalue weighted by molar-refractivity contribution is 7.54. The standard InChI is InChI=1S/C9H7O8P/c10-7(11)3-1-5(9(14)15)6(18(16)17)2-4(3)8(12)13/h1-2,16-17H,(H,10,11)(H,12,13)(H,14,15). The second-order valence-electron chi connectivity index (χ2n) is 3.12. The van der Waals surface area contributed by atoms with Gasteiger partial charge >= 0.3 is 17.9 Å². The van der Waals surface area contributed by atoms with Gasteiger partial charge in [0.05, 0.1) is 16.7 Å². The molecule has 0 fully saturated rings. The van der Waals surface area contributed by atoms with E-state index in [0.29, 0.717) is 12.1 Å². The van der Waals surface area contributed by atoms with Crippen LogP contribution in [0.3, 0.4) is 0 Å². The van der Waals surface area contributed by atoms with E-state index in [9.17, 15) is 14.4 Å². The monoisotopic (exact) mass is 274 g/mol. The molecule has 0 unspecified atom stereocenters. The molecule has 0 aromatic heterocycles. The molecule has 0 spiro atoms. The molecule has 0 aliphatic heterocycles. The van der Waals surface area contributed by atoms with Crippen molar-refractivity contribution in [2.75, 3.05) is 0 Å². The summed E-state index contributed by atoms with van der Waals surface area (Å²) in [5, 5.41) is 25.8. The normalized spacial score (nSPS) is 10.4. The van der Waals surface area contributed by atoms with Crippen molar-refractivity contribution < 1.29 is 39.5 Å². The Balaban J connectivity index is 3.66. The molecule has 0 bridgehead atoms. The van der Waals surface area contributed by atoms with Crippen molar-refractivity contribution in [3.05, 3.63) is 28.8 Å². The van der Waals surface area contributed by atoms with E-state index in [1.807, 2.05) is 0 Å². The molecule has 18 heavy (non-hydrogen) atoms. The van der Waals surface area contributed by atoms with Gasteiger partial charge in [0, 0.05) is 5.30 Å². The van der Waals surface area contributed by atoms with Gasteiger partial charge < -0.3 is 25.1 Å². The molecular formula is C9H7O8P. The van der Waals surface area contributed by atoms with Crippen molar-refractivity contribution in [2.45, 2.75) is 0 Å². The van der Waals surface area contributed by atoms with E-state index in [1.165, 1.54) is 0 Å². The zero-order valence-electron chi connectivity index (χ0n) is 8.56. The predicted octanol–water partition coefficient (Wildman–Crippen LogP) is -0.297. The molecule has 0 amide bonds. The zero-order chi connectivity index (χ0) is 14.0. The first-order valence-electron chi connectivity index (χ1n) is 4.31. The minimum absolute atomic E-state index is 0.528. The average Bonchev–Trinajstić information content (AvgIpc) is 2.26. The Labute approximate surface area is 101 Å². The average molecular weight is 274 g/mol. The minimum Gasteiger partial charge on any atom is -0.478 e. The first-order chi connectivity index (χ1) is 8.25. The maximum Gasteiger partial charge on any atom is 0.336 e. The van der Waals surface area contributed by atoms with Gasteiger partial charge in [-0.1, -0.05) is 0 Å². The molecule has 96 valence electrons. The van der Waals surface area contributed by atoms with E-state index in [-0.39, 0.29) is 0 Å². The van der Waals surface area contributed by atoms with Crippen LogP contribution < -0.4 is 5.30 Å². The molecule has 1 aromatic carbocycles. The summed E-state index contributed by atoms with van der Waals surface area (Å²) in [5.41, 5.74) is -2.10. The van der Waals surface area contributed by atoms with Gasteiger partial charge in [-0.3, -0.25) is 0 Å². The van der Waals surface area contributed by atoms with Crippen LogP contribution in [0, 0.1) is 0 Å². The Morgan fingerprint density at radius 2 is 1.17 bits per heavy atom. The molecule has 1 rings (SSSR count). The SMILES string of the molecule is O=C(O)c1cc(C(=O)O)c(P(O)O)cc1C(=O)O. The number of hydrogen-bond acceptors (Lipinski definition) is 5. The quantitative estimate of drug-likeness (QED) is 0.469. The lowest BCUT2D eigenvalue weighted by molar-refractivity contribution is 0.0649. The molecule has 0 saturated heterocycles. The number of benzene rings is 1. The highest BCUT2D eigenvalue weighted by atomic mass is 31.2. The fourth-order valence-corrected chi connectivity index (χ4v) is 1.90. The van der Waals surface area contributed by atoms with Crippen LogP contribution in [0.15, 0.2) is 12.1 Å². The maximum atomic E-state index is 10.8. The summed E-state index contributed by atoms with van der Waals surface area (Å²) in [6.45, 7) is 0. The summed E-state index contributed by atoms with van der Waals surface area (Å²) in [6.07, 6.45) is 0. The largest absolute Gasteiger partial charge is 0.478 e. The number of carboxylic acid groups (broad SMARTS) is 3. The third kappa shape index (κ3) is 2.62. The Kier molecular flexibility index (Phi) is 3.97. The third-order valence-corrected chi connectivity index (χ3v) is 2.84. The number of rotatable bonds is 4. The fraction of sp³-hybridized carbons (Fsp3) is 0. The van der Waals surface area contributed by atoms with Crippen molar-refractivity contribution in [2.24, 2.45) is 0 Å². The highest BCUT2D eigenvalue weighted by Gasteiger charge is 2.25. The zero-order valence-corrected chi connectivity index (χ0v) is 9.46. The van der Waals surface area contributed by atoms with Crippen LogP contribution in [-0.2, 0) is 0 Å². The molecule has 0 aliphatic rings. The summed E-state index contributed by atoms with van der Waals surface area (Å²) in [7, 11) is -2.86. The van der Waals surface area contributed by atoms with Gasteiger partial charge in [-0.05, 0) is 12.1 Å². The van der Waals surface area contributed by atoms with Gasteiger partial charge in [-0.2, -0.15) is 0 Å². The van der Waals surface area contributed by atoms with Gasteiger partial charge in [-0.15, -0.1) is 0 Å². The van der Waals surface area contributed by atoms with Gasteiger partial charge in [0.1, 0.15) is 0 Å². The molecule has 9 heteroatoms. The number of hydrogen-bond donors (Lipinski definition) is 5. The van der Waals surface area contributed by atoms with Gasteiger partial charge in [0.25, 0.3) is 0 Å². The maximum absolute atomic E-state index is 10.8. The molecule has 5 N–H and O–H groups in total. The fourth-order valence-electron chi connectivity index (χ4n) is 1.28. The van der Waals surface area contributed by atoms with Crippen LogP contribution in [0.5, 0.6) is 0 Å². The van der Waals surface area contributed by atoms with Crippen LogP contribution in [-0.4, -0.2) is 43.0 Å². The molecule has 0 atom stereocenters. The van der Waals surface area contributed by atoms with E-state index in [4.69, 9.17) is 25.1 Å². The summed E-state index contributed by atoms with van der Waals surface area (Å²) in [6, 6.07) is 1.23. The summed E-state index contributed by atoms with van der Waals surface area (Å²) >= 11 is 0. The van der Waals surface area contributed by atoms with Crippen molar-refractivity contribution >= 4 is 31.6 Å². The highest BCUT2D eigenvalue weighted by Crippen LogP contribution is 2.26. The lowest BCUT2D eigenvalue weighted by Gasteiger charge is -2.10. The molecule has 0 saturated carbocycles. The van der Waals surface area contributed by atoms with Crippen molar-refractivity contribution in [1.29, 1.82) is 0 Å². The Hall–Kier alpha value is -2.02. The van der Waals surface area contributed by atoms with Crippen LogP contribution in [0.2, 0.25) is 0 Å². The topological polar surface area (TPSA) is 152 Å². The van der Waals surface area contributed by atoms with E-state index >= 15 is 0 Å². The molecule has 0 heterocycles.